The van der Waals surface area contributed by atoms with Gasteiger partial charge in [0.2, 0.25) is 0 Å². The summed E-state index contributed by atoms with van der Waals surface area (Å²) in [6.45, 7) is 3.67. The number of methoxy groups -OCH3 is 1. The van der Waals surface area contributed by atoms with Crippen molar-refractivity contribution in [1.82, 2.24) is 9.97 Å². The number of nitrogens with zero attached hydrogens (tertiary/aromatic N) is 2. The summed E-state index contributed by atoms with van der Waals surface area (Å²) >= 11 is 0. The zero-order valence-electron chi connectivity index (χ0n) is 12.3. The van der Waals surface area contributed by atoms with Crippen LogP contribution in [0, 0.1) is 13.8 Å². The Balaban J connectivity index is 2.32. The van der Waals surface area contributed by atoms with Gasteiger partial charge in [-0.25, -0.2) is 9.97 Å². The predicted molar refractivity (Wildman–Crippen MR) is 78.6 cm³/mol. The average Bonchev–Trinajstić information content (AvgIpc) is 2.43. The number of carboxylic acid groups (broad SMARTS) is 1. The van der Waals surface area contributed by atoms with Gasteiger partial charge in [0.05, 0.1) is 7.11 Å². The largest absolute Gasteiger partial charge is 0.497 e. The van der Waals surface area contributed by atoms with Crippen molar-refractivity contribution < 1.29 is 14.6 Å². The molecule has 5 heteroatoms. The highest BCUT2D eigenvalue weighted by molar-refractivity contribution is 5.75. The molecule has 1 unspecified atom stereocenters. The van der Waals surface area contributed by atoms with Gasteiger partial charge in [0.1, 0.15) is 17.5 Å². The minimum atomic E-state index is -0.928. The lowest BCUT2D eigenvalue weighted by Crippen LogP contribution is -2.18. The summed E-state index contributed by atoms with van der Waals surface area (Å²) in [4.78, 5) is 20.1. The summed E-state index contributed by atoms with van der Waals surface area (Å²) in [6.07, 6.45) is 0.329. The van der Waals surface area contributed by atoms with Crippen LogP contribution in [0.15, 0.2) is 30.3 Å². The molecule has 0 aliphatic carbocycles. The third-order valence-electron chi connectivity index (χ3n) is 3.18. The first-order chi connectivity index (χ1) is 9.99. The summed E-state index contributed by atoms with van der Waals surface area (Å²) in [5, 5.41) is 9.49. The first-order valence-electron chi connectivity index (χ1n) is 6.67. The molecule has 1 aromatic heterocycles. The third kappa shape index (κ3) is 3.78. The van der Waals surface area contributed by atoms with Crippen molar-refractivity contribution in [3.05, 3.63) is 53.1 Å². The highest BCUT2D eigenvalue weighted by Gasteiger charge is 2.24. The minimum absolute atomic E-state index is 0.329. The maximum absolute atomic E-state index is 11.6. The molecular formula is C16H18N2O3. The fraction of sp³-hybridized carbons (Fsp3) is 0.312. The number of benzene rings is 1. The lowest BCUT2D eigenvalue weighted by atomic mass is 9.98. The smallest absolute Gasteiger partial charge is 0.314 e. The normalized spacial score (nSPS) is 12.0. The zero-order valence-corrected chi connectivity index (χ0v) is 12.3. The molecule has 0 aliphatic rings. The number of hydrogen-bond acceptors (Lipinski definition) is 4. The molecule has 1 N–H and O–H groups in total. The fourth-order valence-electron chi connectivity index (χ4n) is 2.23. The molecular weight excluding hydrogens is 268 g/mol. The van der Waals surface area contributed by atoms with Gasteiger partial charge in [0.15, 0.2) is 0 Å². The monoisotopic (exact) mass is 286 g/mol. The molecule has 110 valence electrons. The minimum Gasteiger partial charge on any atom is -0.497 e. The van der Waals surface area contributed by atoms with Crippen molar-refractivity contribution in [3.8, 4) is 5.75 Å². The van der Waals surface area contributed by atoms with Crippen LogP contribution in [0.3, 0.4) is 0 Å². The quantitative estimate of drug-likeness (QED) is 0.914. The van der Waals surface area contributed by atoms with Crippen LogP contribution in [0.5, 0.6) is 5.75 Å². The van der Waals surface area contributed by atoms with Gasteiger partial charge >= 0.3 is 5.97 Å². The van der Waals surface area contributed by atoms with E-state index in [4.69, 9.17) is 4.74 Å². The number of ether oxygens (including phenoxy) is 1. The van der Waals surface area contributed by atoms with Crippen LogP contribution >= 0.6 is 0 Å². The molecule has 2 aromatic rings. The summed E-state index contributed by atoms with van der Waals surface area (Å²) < 4.78 is 5.16. The molecule has 2 rings (SSSR count). The molecule has 1 aromatic carbocycles. The SMILES string of the molecule is COc1cccc(CC(C(=O)O)c2nc(C)cc(C)n2)c1. The van der Waals surface area contributed by atoms with E-state index in [-0.39, 0.29) is 0 Å². The molecule has 0 fully saturated rings. The van der Waals surface area contributed by atoms with Gasteiger partial charge in [-0.05, 0) is 44.0 Å². The zero-order chi connectivity index (χ0) is 15.4. The fourth-order valence-corrected chi connectivity index (χ4v) is 2.23. The highest BCUT2D eigenvalue weighted by atomic mass is 16.5. The van der Waals surface area contributed by atoms with Gasteiger partial charge in [0, 0.05) is 11.4 Å². The van der Waals surface area contributed by atoms with E-state index in [1.165, 1.54) is 0 Å². The Labute approximate surface area is 123 Å². The topological polar surface area (TPSA) is 72.3 Å². The number of carbonyl (C=O) groups is 1. The Morgan fingerprint density at radius 3 is 2.48 bits per heavy atom. The maximum atomic E-state index is 11.6. The molecule has 5 nitrogen and oxygen atoms in total. The van der Waals surface area contributed by atoms with Crippen LogP contribution in [0.1, 0.15) is 28.7 Å². The Kier molecular flexibility index (Phi) is 4.52. The number of carboxylic acids is 1. The summed E-state index contributed by atoms with van der Waals surface area (Å²) in [5.74, 6) is -0.640. The third-order valence-corrected chi connectivity index (χ3v) is 3.18. The van der Waals surface area contributed by atoms with Gasteiger partial charge in [-0.1, -0.05) is 12.1 Å². The first kappa shape index (κ1) is 15.0. The Morgan fingerprint density at radius 2 is 1.90 bits per heavy atom. The lowest BCUT2D eigenvalue weighted by Gasteiger charge is -2.13. The van der Waals surface area contributed by atoms with Crippen LogP contribution in [0.2, 0.25) is 0 Å². The first-order valence-corrected chi connectivity index (χ1v) is 6.67. The average molecular weight is 286 g/mol. The van der Waals surface area contributed by atoms with Crippen molar-refractivity contribution in [2.75, 3.05) is 7.11 Å². The van der Waals surface area contributed by atoms with E-state index in [1.807, 2.05) is 44.2 Å². The second-order valence-electron chi connectivity index (χ2n) is 4.96. The van der Waals surface area contributed by atoms with Gasteiger partial charge in [-0.15, -0.1) is 0 Å². The Morgan fingerprint density at radius 1 is 1.24 bits per heavy atom. The van der Waals surface area contributed by atoms with Crippen LogP contribution in [0.25, 0.3) is 0 Å². The van der Waals surface area contributed by atoms with Crippen LogP contribution in [0.4, 0.5) is 0 Å². The molecule has 1 heterocycles. The number of aryl methyl sites for hydroxylation is 2. The molecule has 0 amide bonds. The van der Waals surface area contributed by atoms with Crippen LogP contribution in [-0.2, 0) is 11.2 Å². The van der Waals surface area contributed by atoms with Gasteiger partial charge in [0.25, 0.3) is 0 Å². The van der Waals surface area contributed by atoms with Crippen molar-refractivity contribution in [2.45, 2.75) is 26.2 Å². The van der Waals surface area contributed by atoms with Gasteiger partial charge in [-0.3, -0.25) is 4.79 Å². The Bertz CT molecular complexity index is 635. The molecule has 0 spiro atoms. The van der Waals surface area contributed by atoms with Crippen molar-refractivity contribution >= 4 is 5.97 Å². The molecule has 21 heavy (non-hydrogen) atoms. The molecule has 0 aliphatic heterocycles. The predicted octanol–water partition coefficient (Wildman–Crippen LogP) is 2.51. The number of hydrogen-bond donors (Lipinski definition) is 1. The number of aliphatic carboxylic acids is 1. The van der Waals surface area contributed by atoms with E-state index in [2.05, 4.69) is 9.97 Å². The molecule has 0 saturated carbocycles. The standard InChI is InChI=1S/C16H18N2O3/c1-10-7-11(2)18-15(17-10)14(16(19)20)9-12-5-4-6-13(8-12)21-3/h4-8,14H,9H2,1-3H3,(H,19,20). The van der Waals surface area contributed by atoms with Crippen molar-refractivity contribution in [1.29, 1.82) is 0 Å². The summed E-state index contributed by atoms with van der Waals surface area (Å²) in [5.41, 5.74) is 2.42. The van der Waals surface area contributed by atoms with E-state index < -0.39 is 11.9 Å². The van der Waals surface area contributed by atoms with Crippen LogP contribution in [-0.4, -0.2) is 28.2 Å². The van der Waals surface area contributed by atoms with E-state index >= 15 is 0 Å². The summed E-state index contributed by atoms with van der Waals surface area (Å²) in [7, 11) is 1.58. The number of rotatable bonds is 5. The lowest BCUT2D eigenvalue weighted by molar-refractivity contribution is -0.139. The molecule has 1 atom stereocenters. The van der Waals surface area contributed by atoms with Crippen LogP contribution < -0.4 is 4.74 Å². The van der Waals surface area contributed by atoms with Gasteiger partial charge in [-0.2, -0.15) is 0 Å². The maximum Gasteiger partial charge on any atom is 0.314 e. The molecule has 0 bridgehead atoms. The van der Waals surface area contributed by atoms with E-state index in [1.54, 1.807) is 7.11 Å². The summed E-state index contributed by atoms with van der Waals surface area (Å²) in [6, 6.07) is 9.20. The Hall–Kier alpha value is -2.43. The van der Waals surface area contributed by atoms with E-state index in [0.717, 1.165) is 17.0 Å². The second kappa shape index (κ2) is 6.35. The second-order valence-corrected chi connectivity index (χ2v) is 4.96. The number of aromatic nitrogens is 2. The van der Waals surface area contributed by atoms with E-state index in [9.17, 15) is 9.90 Å². The molecule has 0 radical (unpaired) electrons. The van der Waals surface area contributed by atoms with E-state index in [0.29, 0.717) is 18.0 Å². The van der Waals surface area contributed by atoms with Crippen molar-refractivity contribution in [2.24, 2.45) is 0 Å². The van der Waals surface area contributed by atoms with Gasteiger partial charge < -0.3 is 9.84 Å². The van der Waals surface area contributed by atoms with Crippen molar-refractivity contribution in [3.63, 3.8) is 0 Å². The molecule has 0 saturated heterocycles. The highest BCUT2D eigenvalue weighted by Crippen LogP contribution is 2.22.